The third kappa shape index (κ3) is 3.26. The van der Waals surface area contributed by atoms with E-state index in [9.17, 15) is 9.59 Å². The van der Waals surface area contributed by atoms with E-state index in [0.717, 1.165) is 5.75 Å². The molecule has 1 heterocycles. The van der Waals surface area contributed by atoms with E-state index in [1.54, 1.807) is 13.8 Å². The van der Waals surface area contributed by atoms with Gasteiger partial charge in [0.05, 0.1) is 6.10 Å². The Labute approximate surface area is 81.6 Å². The zero-order valence-electron chi connectivity index (χ0n) is 7.78. The quantitative estimate of drug-likeness (QED) is 0.644. The number of nitrogens with zero attached hydrogens (tertiary/aromatic N) is 1. The van der Waals surface area contributed by atoms with Gasteiger partial charge in [0.15, 0.2) is 0 Å². The van der Waals surface area contributed by atoms with E-state index in [2.05, 4.69) is 0 Å². The first-order valence-corrected chi connectivity index (χ1v) is 5.19. The highest BCUT2D eigenvalue weighted by molar-refractivity contribution is 8.13. The third-order valence-electron chi connectivity index (χ3n) is 1.53. The summed E-state index contributed by atoms with van der Waals surface area (Å²) >= 11 is 1.25. The maximum atomic E-state index is 11.1. The van der Waals surface area contributed by atoms with Crippen molar-refractivity contribution in [3.8, 4) is 0 Å². The molecule has 0 radical (unpaired) electrons. The molecule has 0 bridgehead atoms. The molecule has 1 rings (SSSR count). The molecule has 1 saturated heterocycles. The number of hydrogen-bond acceptors (Lipinski definition) is 4. The number of esters is 1. The minimum Gasteiger partial charge on any atom is -0.462 e. The highest BCUT2D eigenvalue weighted by Crippen LogP contribution is 2.16. The molecule has 1 fully saturated rings. The first-order chi connectivity index (χ1) is 6.09. The predicted octanol–water partition coefficient (Wildman–Crippen LogP) is 1.11. The molecular formula is C8H13NO3S. The summed E-state index contributed by atoms with van der Waals surface area (Å²) in [7, 11) is 0. The minimum absolute atomic E-state index is 0.0271. The zero-order chi connectivity index (χ0) is 9.84. The summed E-state index contributed by atoms with van der Waals surface area (Å²) in [5.74, 6) is 0.444. The number of carbonyl (C=O) groups excluding carboxylic acids is 2. The van der Waals surface area contributed by atoms with Gasteiger partial charge in [-0.15, -0.1) is 0 Å². The maximum absolute atomic E-state index is 11.1. The largest absolute Gasteiger partial charge is 0.462 e. The molecule has 0 saturated carbocycles. The smallest absolute Gasteiger partial charge is 0.325 e. The highest BCUT2D eigenvalue weighted by atomic mass is 32.2. The molecule has 0 N–H and O–H groups in total. The van der Waals surface area contributed by atoms with Crippen molar-refractivity contribution >= 4 is 23.0 Å². The van der Waals surface area contributed by atoms with Crippen molar-refractivity contribution < 1.29 is 14.3 Å². The van der Waals surface area contributed by atoms with Crippen molar-refractivity contribution in [1.29, 1.82) is 0 Å². The maximum Gasteiger partial charge on any atom is 0.325 e. The lowest BCUT2D eigenvalue weighted by molar-refractivity contribution is -0.147. The Balaban J connectivity index is 2.31. The monoisotopic (exact) mass is 203 g/mol. The Bertz CT molecular complexity index is 217. The SMILES string of the molecule is CC(C)OC(=O)CN1CCSC1=O. The Morgan fingerprint density at radius 3 is 2.85 bits per heavy atom. The highest BCUT2D eigenvalue weighted by Gasteiger charge is 2.23. The van der Waals surface area contributed by atoms with Crippen LogP contribution in [0.1, 0.15) is 13.8 Å². The van der Waals surface area contributed by atoms with E-state index < -0.39 is 0 Å². The molecule has 0 aromatic rings. The van der Waals surface area contributed by atoms with Gasteiger partial charge in [-0.05, 0) is 13.8 Å². The normalized spacial score (nSPS) is 16.8. The second-order valence-electron chi connectivity index (χ2n) is 3.07. The van der Waals surface area contributed by atoms with Crippen molar-refractivity contribution in [2.75, 3.05) is 18.8 Å². The van der Waals surface area contributed by atoms with Gasteiger partial charge in [0.25, 0.3) is 5.24 Å². The molecule has 5 heteroatoms. The van der Waals surface area contributed by atoms with Crippen LogP contribution in [0, 0.1) is 0 Å². The molecule has 0 spiro atoms. The number of ether oxygens (including phenoxy) is 1. The molecule has 0 aliphatic carbocycles. The average molecular weight is 203 g/mol. The van der Waals surface area contributed by atoms with Gasteiger partial charge in [0.1, 0.15) is 6.54 Å². The van der Waals surface area contributed by atoms with Crippen LogP contribution in [0.5, 0.6) is 0 Å². The lowest BCUT2D eigenvalue weighted by atomic mass is 10.4. The summed E-state index contributed by atoms with van der Waals surface area (Å²) in [5.41, 5.74) is 0. The number of hydrogen-bond donors (Lipinski definition) is 0. The number of rotatable bonds is 3. The second-order valence-corrected chi connectivity index (χ2v) is 4.12. The fourth-order valence-electron chi connectivity index (χ4n) is 1.03. The average Bonchev–Trinajstić information content (AvgIpc) is 2.34. The van der Waals surface area contributed by atoms with E-state index in [-0.39, 0.29) is 23.9 Å². The van der Waals surface area contributed by atoms with E-state index in [1.807, 2.05) is 0 Å². The van der Waals surface area contributed by atoms with Crippen LogP contribution in [0.4, 0.5) is 4.79 Å². The van der Waals surface area contributed by atoms with Gasteiger partial charge in [-0.2, -0.15) is 0 Å². The predicted molar refractivity (Wildman–Crippen MR) is 50.7 cm³/mol. The number of amides is 1. The molecule has 1 aliphatic heterocycles. The minimum atomic E-state index is -0.328. The molecule has 0 aromatic carbocycles. The molecule has 0 aromatic heterocycles. The molecule has 1 aliphatic rings. The fraction of sp³-hybridized carbons (Fsp3) is 0.750. The molecule has 74 valence electrons. The Morgan fingerprint density at radius 1 is 1.69 bits per heavy atom. The van der Waals surface area contributed by atoms with Crippen LogP contribution in [-0.2, 0) is 9.53 Å². The van der Waals surface area contributed by atoms with Crippen LogP contribution in [0.15, 0.2) is 0 Å². The van der Waals surface area contributed by atoms with Gasteiger partial charge < -0.3 is 9.64 Å². The number of carbonyl (C=O) groups is 2. The van der Waals surface area contributed by atoms with Crippen LogP contribution in [0.2, 0.25) is 0 Å². The summed E-state index contributed by atoms with van der Waals surface area (Å²) in [5, 5.41) is -0.0271. The molecule has 0 atom stereocenters. The molecule has 0 unspecified atom stereocenters. The third-order valence-corrected chi connectivity index (χ3v) is 2.42. The fourth-order valence-corrected chi connectivity index (χ4v) is 1.85. The van der Waals surface area contributed by atoms with Crippen molar-refractivity contribution in [2.24, 2.45) is 0 Å². The number of thioether (sulfide) groups is 1. The van der Waals surface area contributed by atoms with Crippen molar-refractivity contribution in [3.63, 3.8) is 0 Å². The van der Waals surface area contributed by atoms with Crippen LogP contribution >= 0.6 is 11.8 Å². The zero-order valence-corrected chi connectivity index (χ0v) is 8.60. The summed E-state index contributed by atoms with van der Waals surface area (Å²) in [6, 6.07) is 0. The lowest BCUT2D eigenvalue weighted by Gasteiger charge is -2.14. The van der Waals surface area contributed by atoms with Crippen molar-refractivity contribution in [1.82, 2.24) is 4.90 Å². The van der Waals surface area contributed by atoms with Gasteiger partial charge in [-0.1, -0.05) is 11.8 Å². The van der Waals surface area contributed by atoms with E-state index >= 15 is 0 Å². The topological polar surface area (TPSA) is 46.6 Å². The van der Waals surface area contributed by atoms with Gasteiger partial charge in [-0.25, -0.2) is 0 Å². The van der Waals surface area contributed by atoms with Crippen molar-refractivity contribution in [2.45, 2.75) is 20.0 Å². The van der Waals surface area contributed by atoms with Gasteiger partial charge in [-0.3, -0.25) is 9.59 Å². The first-order valence-electron chi connectivity index (χ1n) is 4.21. The van der Waals surface area contributed by atoms with Gasteiger partial charge in [0, 0.05) is 12.3 Å². The summed E-state index contributed by atoms with van der Waals surface area (Å²) < 4.78 is 4.92. The van der Waals surface area contributed by atoms with Crippen LogP contribution in [-0.4, -0.2) is 41.1 Å². The molecule has 13 heavy (non-hydrogen) atoms. The summed E-state index contributed by atoms with van der Waals surface area (Å²) in [6.07, 6.45) is -0.113. The Kier molecular flexibility index (Phi) is 3.59. The van der Waals surface area contributed by atoms with E-state index in [1.165, 1.54) is 16.7 Å². The standard InChI is InChI=1S/C8H13NO3S/c1-6(2)12-7(10)5-9-3-4-13-8(9)11/h6H,3-5H2,1-2H3. The molecule has 1 amide bonds. The van der Waals surface area contributed by atoms with Crippen LogP contribution in [0.25, 0.3) is 0 Å². The van der Waals surface area contributed by atoms with Crippen molar-refractivity contribution in [3.05, 3.63) is 0 Å². The molecule has 4 nitrogen and oxygen atoms in total. The van der Waals surface area contributed by atoms with Gasteiger partial charge >= 0.3 is 5.97 Å². The van der Waals surface area contributed by atoms with E-state index in [4.69, 9.17) is 4.74 Å². The lowest BCUT2D eigenvalue weighted by Crippen LogP contribution is -2.31. The van der Waals surface area contributed by atoms with E-state index in [0.29, 0.717) is 6.54 Å². The van der Waals surface area contributed by atoms with Crippen LogP contribution < -0.4 is 0 Å². The molecular weight excluding hydrogens is 190 g/mol. The second kappa shape index (κ2) is 4.50. The first kappa shape index (κ1) is 10.4. The summed E-state index contributed by atoms with van der Waals surface area (Å²) in [6.45, 7) is 4.32. The summed E-state index contributed by atoms with van der Waals surface area (Å²) in [4.78, 5) is 23.7. The Morgan fingerprint density at radius 2 is 2.38 bits per heavy atom. The van der Waals surface area contributed by atoms with Gasteiger partial charge in [0.2, 0.25) is 0 Å². The Hall–Kier alpha value is -0.710. The van der Waals surface area contributed by atoms with Crippen LogP contribution in [0.3, 0.4) is 0 Å².